The fraction of sp³-hybridized carbons (Fsp3) is 0.189. The Hall–Kier alpha value is -4.74. The number of carbonyl (C=O) groups is 2. The Morgan fingerprint density at radius 1 is 0.762 bits per heavy atom. The molecule has 42 heavy (non-hydrogen) atoms. The molecule has 0 aromatic heterocycles. The topological polar surface area (TPSA) is 61.8 Å². The molecule has 5 nitrogen and oxygen atoms in total. The molecule has 0 amide bonds. The predicted octanol–water partition coefficient (Wildman–Crippen LogP) is 7.11. The molecule has 0 N–H and O–H groups in total. The number of benzene rings is 5. The Labute approximate surface area is 245 Å². The van der Waals surface area contributed by atoms with E-state index in [1.807, 2.05) is 91.0 Å². The molecule has 0 saturated carbocycles. The SMILES string of the molecule is COC(=O)c1cc(CC[C@@H]2OC(=O)[C@H]2COC(c2ccccc2)(c2ccccc2)c2ccccc2)c2ccccc2c1. The van der Waals surface area contributed by atoms with E-state index in [9.17, 15) is 9.59 Å². The van der Waals surface area contributed by atoms with Crippen LogP contribution < -0.4 is 0 Å². The van der Waals surface area contributed by atoms with E-state index in [2.05, 4.69) is 36.4 Å². The third-order valence-corrected chi connectivity index (χ3v) is 8.11. The lowest BCUT2D eigenvalue weighted by atomic mass is 9.79. The summed E-state index contributed by atoms with van der Waals surface area (Å²) in [5.41, 5.74) is 3.57. The van der Waals surface area contributed by atoms with Gasteiger partial charge < -0.3 is 14.2 Å². The van der Waals surface area contributed by atoms with Crippen molar-refractivity contribution in [3.63, 3.8) is 0 Å². The van der Waals surface area contributed by atoms with Crippen LogP contribution in [0.15, 0.2) is 127 Å². The van der Waals surface area contributed by atoms with Crippen molar-refractivity contribution in [2.24, 2.45) is 5.92 Å². The maximum atomic E-state index is 12.8. The molecule has 6 rings (SSSR count). The van der Waals surface area contributed by atoms with Gasteiger partial charge in [-0.2, -0.15) is 0 Å². The number of methoxy groups -OCH3 is 1. The number of hydrogen-bond acceptors (Lipinski definition) is 5. The minimum absolute atomic E-state index is 0.200. The number of carbonyl (C=O) groups excluding carboxylic acids is 2. The molecule has 0 radical (unpaired) electrons. The average Bonchev–Trinajstić information content (AvgIpc) is 3.05. The lowest BCUT2D eigenvalue weighted by Crippen LogP contribution is -2.49. The van der Waals surface area contributed by atoms with Gasteiger partial charge in [0.15, 0.2) is 0 Å². The van der Waals surface area contributed by atoms with E-state index in [0.29, 0.717) is 18.4 Å². The third kappa shape index (κ3) is 5.19. The number of cyclic esters (lactones) is 1. The zero-order chi connectivity index (χ0) is 28.9. The predicted molar refractivity (Wildman–Crippen MR) is 162 cm³/mol. The monoisotopic (exact) mass is 556 g/mol. The first-order valence-electron chi connectivity index (χ1n) is 14.2. The molecule has 1 aliphatic heterocycles. The highest BCUT2D eigenvalue weighted by Crippen LogP contribution is 2.42. The summed E-state index contributed by atoms with van der Waals surface area (Å²) in [5, 5.41) is 2.04. The van der Waals surface area contributed by atoms with Crippen molar-refractivity contribution >= 4 is 22.7 Å². The average molecular weight is 557 g/mol. The maximum Gasteiger partial charge on any atom is 0.337 e. The van der Waals surface area contributed by atoms with Gasteiger partial charge in [-0.15, -0.1) is 0 Å². The summed E-state index contributed by atoms with van der Waals surface area (Å²) < 4.78 is 17.6. The fourth-order valence-corrected chi connectivity index (χ4v) is 5.95. The van der Waals surface area contributed by atoms with Crippen molar-refractivity contribution < 1.29 is 23.8 Å². The van der Waals surface area contributed by atoms with Gasteiger partial charge in [-0.25, -0.2) is 4.79 Å². The van der Waals surface area contributed by atoms with Crippen LogP contribution in [-0.4, -0.2) is 31.8 Å². The van der Waals surface area contributed by atoms with Gasteiger partial charge in [0.1, 0.15) is 17.6 Å². The van der Waals surface area contributed by atoms with Gasteiger partial charge in [0.25, 0.3) is 0 Å². The van der Waals surface area contributed by atoms with E-state index in [0.717, 1.165) is 33.0 Å². The molecule has 1 fully saturated rings. The number of fused-ring (bicyclic) bond motifs is 1. The Balaban J connectivity index is 1.28. The number of ether oxygens (including phenoxy) is 3. The molecule has 1 aliphatic rings. The van der Waals surface area contributed by atoms with E-state index >= 15 is 0 Å². The third-order valence-electron chi connectivity index (χ3n) is 8.11. The van der Waals surface area contributed by atoms with E-state index in [4.69, 9.17) is 14.2 Å². The first-order chi connectivity index (χ1) is 20.6. The minimum atomic E-state index is -0.907. The van der Waals surface area contributed by atoms with Crippen molar-refractivity contribution in [2.75, 3.05) is 13.7 Å². The van der Waals surface area contributed by atoms with Crippen LogP contribution in [0.2, 0.25) is 0 Å². The van der Waals surface area contributed by atoms with Crippen LogP contribution in [0, 0.1) is 5.92 Å². The summed E-state index contributed by atoms with van der Waals surface area (Å²) >= 11 is 0. The Morgan fingerprint density at radius 3 is 1.86 bits per heavy atom. The zero-order valence-corrected chi connectivity index (χ0v) is 23.4. The Bertz CT molecular complexity index is 1580. The molecule has 0 spiro atoms. The fourth-order valence-electron chi connectivity index (χ4n) is 5.95. The van der Waals surface area contributed by atoms with Gasteiger partial charge in [0.05, 0.1) is 19.3 Å². The van der Waals surface area contributed by atoms with Crippen LogP contribution >= 0.6 is 0 Å². The summed E-state index contributed by atoms with van der Waals surface area (Å²) in [7, 11) is 1.38. The van der Waals surface area contributed by atoms with Crippen LogP contribution in [0.25, 0.3) is 10.8 Å². The maximum absolute atomic E-state index is 12.8. The number of hydrogen-bond donors (Lipinski definition) is 0. The van der Waals surface area contributed by atoms with E-state index in [1.54, 1.807) is 0 Å². The normalized spacial score (nSPS) is 16.5. The van der Waals surface area contributed by atoms with Gasteiger partial charge in [0, 0.05) is 0 Å². The molecular weight excluding hydrogens is 524 g/mol. The summed E-state index contributed by atoms with van der Waals surface area (Å²) in [4.78, 5) is 25.1. The molecule has 1 heterocycles. The second-order valence-corrected chi connectivity index (χ2v) is 10.6. The molecule has 0 unspecified atom stereocenters. The van der Waals surface area contributed by atoms with Crippen LogP contribution in [0.3, 0.4) is 0 Å². The van der Waals surface area contributed by atoms with Crippen molar-refractivity contribution in [3.8, 4) is 0 Å². The Kier molecular flexibility index (Phi) is 7.85. The lowest BCUT2D eigenvalue weighted by molar-refractivity contribution is -0.194. The van der Waals surface area contributed by atoms with Gasteiger partial charge in [-0.05, 0) is 58.0 Å². The zero-order valence-electron chi connectivity index (χ0n) is 23.4. The van der Waals surface area contributed by atoms with Crippen molar-refractivity contribution in [2.45, 2.75) is 24.5 Å². The van der Waals surface area contributed by atoms with E-state index in [1.165, 1.54) is 7.11 Å². The second kappa shape index (κ2) is 12.0. The number of esters is 2. The molecule has 5 aromatic rings. The highest BCUT2D eigenvalue weighted by molar-refractivity contribution is 5.97. The lowest BCUT2D eigenvalue weighted by Gasteiger charge is -2.40. The van der Waals surface area contributed by atoms with Gasteiger partial charge >= 0.3 is 11.9 Å². The van der Waals surface area contributed by atoms with E-state index in [-0.39, 0.29) is 24.6 Å². The smallest absolute Gasteiger partial charge is 0.337 e. The standard InChI is InChI=1S/C37H32O5/c1-40-35(38)28-23-26-13-11-12-20-32(26)27(24-28)21-22-34-33(36(39)42-34)25-41-37(29-14-5-2-6-15-29,30-16-7-3-8-17-30)31-18-9-4-10-19-31/h2-20,23-24,33-34H,21-22,25H2,1H3/t33-,34-/m0/s1. The van der Waals surface area contributed by atoms with Crippen LogP contribution in [0.4, 0.5) is 0 Å². The van der Waals surface area contributed by atoms with Gasteiger partial charge in [-0.3, -0.25) is 4.79 Å². The summed E-state index contributed by atoms with van der Waals surface area (Å²) in [6.45, 7) is 0.200. The first-order valence-corrected chi connectivity index (χ1v) is 14.2. The number of rotatable bonds is 10. The Morgan fingerprint density at radius 2 is 1.31 bits per heavy atom. The van der Waals surface area contributed by atoms with Crippen molar-refractivity contribution in [1.29, 1.82) is 0 Å². The molecule has 5 heteroatoms. The summed E-state index contributed by atoms with van der Waals surface area (Å²) in [6, 6.07) is 42.1. The molecule has 5 aromatic carbocycles. The molecule has 1 saturated heterocycles. The molecular formula is C37H32O5. The van der Waals surface area contributed by atoms with Crippen LogP contribution in [0.5, 0.6) is 0 Å². The summed E-state index contributed by atoms with van der Waals surface area (Å²) in [6.07, 6.45) is 0.961. The highest BCUT2D eigenvalue weighted by Gasteiger charge is 2.45. The molecule has 0 bridgehead atoms. The molecule has 2 atom stereocenters. The quantitative estimate of drug-likeness (QED) is 0.136. The van der Waals surface area contributed by atoms with Gasteiger partial charge in [0.2, 0.25) is 0 Å². The van der Waals surface area contributed by atoms with E-state index < -0.39 is 11.5 Å². The van der Waals surface area contributed by atoms with Crippen molar-refractivity contribution in [3.05, 3.63) is 155 Å². The largest absolute Gasteiger partial charge is 0.465 e. The molecule has 0 aliphatic carbocycles. The van der Waals surface area contributed by atoms with Crippen LogP contribution in [0.1, 0.15) is 39.0 Å². The van der Waals surface area contributed by atoms with Crippen molar-refractivity contribution in [1.82, 2.24) is 0 Å². The first kappa shape index (κ1) is 27.4. The highest BCUT2D eigenvalue weighted by atomic mass is 16.6. The van der Waals surface area contributed by atoms with Gasteiger partial charge in [-0.1, -0.05) is 115 Å². The molecule has 210 valence electrons. The minimum Gasteiger partial charge on any atom is -0.465 e. The van der Waals surface area contributed by atoms with Crippen LogP contribution in [-0.2, 0) is 31.0 Å². The number of aryl methyl sites for hydroxylation is 1. The second-order valence-electron chi connectivity index (χ2n) is 10.6. The summed E-state index contributed by atoms with van der Waals surface area (Å²) in [5.74, 6) is -1.03.